The molecule has 4 heteroatoms. The largest absolute Gasteiger partial charge is 0.359 e. The Labute approximate surface area is 125 Å². The number of amides is 1. The maximum absolute atomic E-state index is 12.1. The van der Waals surface area contributed by atoms with E-state index >= 15 is 0 Å². The highest BCUT2D eigenvalue weighted by Crippen LogP contribution is 2.36. The van der Waals surface area contributed by atoms with Crippen molar-refractivity contribution < 1.29 is 4.79 Å². The molecule has 1 amide bonds. The molecule has 3 rings (SSSR count). The number of aromatic nitrogens is 1. The Morgan fingerprint density at radius 2 is 2.05 bits per heavy atom. The summed E-state index contributed by atoms with van der Waals surface area (Å²) in [7, 11) is 0. The number of halogens is 1. The Hall–Kier alpha value is -1.56. The number of anilines is 1. The fourth-order valence-electron chi connectivity index (χ4n) is 2.39. The van der Waals surface area contributed by atoms with E-state index in [1.807, 2.05) is 38.1 Å². The number of aryl methyl sites for hydroxylation is 2. The van der Waals surface area contributed by atoms with E-state index in [9.17, 15) is 4.79 Å². The van der Waals surface area contributed by atoms with Gasteiger partial charge in [0.15, 0.2) is 0 Å². The Bertz CT molecular complexity index is 713. The van der Waals surface area contributed by atoms with Gasteiger partial charge in [0.25, 0.3) is 5.91 Å². The van der Waals surface area contributed by atoms with Gasteiger partial charge in [-0.2, -0.15) is 0 Å². The lowest BCUT2D eigenvalue weighted by Gasteiger charge is -2.01. The van der Waals surface area contributed by atoms with Crippen LogP contribution in [0.1, 0.15) is 22.5 Å². The lowest BCUT2D eigenvalue weighted by Crippen LogP contribution is -2.03. The molecule has 96 valence electrons. The number of fused-ring (bicyclic) bond motifs is 1. The van der Waals surface area contributed by atoms with Crippen molar-refractivity contribution >= 4 is 45.8 Å². The molecule has 0 spiro atoms. The van der Waals surface area contributed by atoms with Crippen LogP contribution in [-0.2, 0) is 4.79 Å². The van der Waals surface area contributed by atoms with Crippen LogP contribution in [-0.4, -0.2) is 10.9 Å². The van der Waals surface area contributed by atoms with Gasteiger partial charge in [0.1, 0.15) is 0 Å². The summed E-state index contributed by atoms with van der Waals surface area (Å²) in [5.74, 6) is -0.0363. The van der Waals surface area contributed by atoms with Gasteiger partial charge < -0.3 is 10.3 Å². The Morgan fingerprint density at radius 1 is 1.26 bits per heavy atom. The van der Waals surface area contributed by atoms with Gasteiger partial charge in [0, 0.05) is 20.5 Å². The number of rotatable bonds is 1. The molecule has 0 saturated heterocycles. The van der Waals surface area contributed by atoms with Gasteiger partial charge in [-0.25, -0.2) is 0 Å². The molecule has 0 bridgehead atoms. The van der Waals surface area contributed by atoms with Gasteiger partial charge in [0.05, 0.1) is 11.3 Å². The molecule has 1 aromatic heterocycles. The minimum absolute atomic E-state index is 0.0363. The fraction of sp³-hybridized carbons (Fsp3) is 0.133. The highest BCUT2D eigenvalue weighted by atomic mass is 127. The van der Waals surface area contributed by atoms with Crippen LogP contribution in [0.2, 0.25) is 0 Å². The molecule has 0 radical (unpaired) electrons. The third kappa shape index (κ3) is 2.10. The zero-order valence-electron chi connectivity index (χ0n) is 10.7. The van der Waals surface area contributed by atoms with E-state index in [1.165, 1.54) is 0 Å². The van der Waals surface area contributed by atoms with Crippen LogP contribution in [0.25, 0.3) is 11.6 Å². The van der Waals surface area contributed by atoms with Gasteiger partial charge in [-0.15, -0.1) is 0 Å². The number of hydrogen-bond acceptors (Lipinski definition) is 1. The third-order valence-electron chi connectivity index (χ3n) is 3.25. The highest BCUT2D eigenvalue weighted by molar-refractivity contribution is 14.1. The highest BCUT2D eigenvalue weighted by Gasteiger charge is 2.26. The number of benzene rings is 1. The molecule has 0 fully saturated rings. The molecule has 1 aliphatic rings. The topological polar surface area (TPSA) is 44.9 Å². The average Bonchev–Trinajstić information content (AvgIpc) is 2.82. The van der Waals surface area contributed by atoms with Crippen LogP contribution in [0.4, 0.5) is 5.69 Å². The molecular formula is C15H13IN2O. The summed E-state index contributed by atoms with van der Waals surface area (Å²) in [5.41, 5.74) is 5.87. The minimum Gasteiger partial charge on any atom is -0.359 e. The maximum atomic E-state index is 12.1. The number of nitrogens with one attached hydrogen (secondary N) is 2. The molecule has 1 aliphatic heterocycles. The van der Waals surface area contributed by atoms with Crippen LogP contribution in [0.5, 0.6) is 0 Å². The molecule has 2 N–H and O–H groups in total. The zero-order valence-corrected chi connectivity index (χ0v) is 12.8. The molecule has 1 aromatic carbocycles. The number of hydrogen-bond donors (Lipinski definition) is 2. The number of carbonyl (C=O) groups excluding carboxylic acids is 1. The summed E-state index contributed by atoms with van der Waals surface area (Å²) in [5, 5.41) is 2.91. The van der Waals surface area contributed by atoms with E-state index in [0.717, 1.165) is 37.3 Å². The number of carbonyl (C=O) groups is 1. The lowest BCUT2D eigenvalue weighted by atomic mass is 10.1. The maximum Gasteiger partial charge on any atom is 0.256 e. The normalized spacial score (nSPS) is 15.7. The first-order chi connectivity index (χ1) is 9.06. The van der Waals surface area contributed by atoms with E-state index in [2.05, 4.69) is 39.0 Å². The Morgan fingerprint density at radius 3 is 2.74 bits per heavy atom. The summed E-state index contributed by atoms with van der Waals surface area (Å²) in [6, 6.07) is 7.98. The molecule has 0 atom stereocenters. The summed E-state index contributed by atoms with van der Waals surface area (Å²) < 4.78 is 1.08. The third-order valence-corrected chi connectivity index (χ3v) is 4.15. The fourth-order valence-corrected chi connectivity index (χ4v) is 3.18. The molecule has 0 unspecified atom stereocenters. The van der Waals surface area contributed by atoms with Crippen molar-refractivity contribution in [3.63, 3.8) is 0 Å². The van der Waals surface area contributed by atoms with Crippen LogP contribution in [0, 0.1) is 17.4 Å². The van der Waals surface area contributed by atoms with Gasteiger partial charge in [-0.1, -0.05) is 6.07 Å². The van der Waals surface area contributed by atoms with Crippen LogP contribution < -0.4 is 5.32 Å². The standard InChI is InChI=1S/C15H13IN2O/c1-8-6-9(2)17-13(8)7-10-14-11(16)4-3-5-12(14)18-15(10)19/h3-7,17H,1-2H3,(H,18,19)/b10-7-. The van der Waals surface area contributed by atoms with Crippen molar-refractivity contribution in [1.82, 2.24) is 4.98 Å². The van der Waals surface area contributed by atoms with E-state index in [0.29, 0.717) is 0 Å². The summed E-state index contributed by atoms with van der Waals surface area (Å²) >= 11 is 2.26. The van der Waals surface area contributed by atoms with Crippen molar-refractivity contribution in [1.29, 1.82) is 0 Å². The van der Waals surface area contributed by atoms with Crippen molar-refractivity contribution in [3.05, 3.63) is 50.4 Å². The molecular weight excluding hydrogens is 351 g/mol. The zero-order chi connectivity index (χ0) is 13.6. The van der Waals surface area contributed by atoms with Gasteiger partial charge >= 0.3 is 0 Å². The summed E-state index contributed by atoms with van der Waals surface area (Å²) in [6.45, 7) is 4.06. The first-order valence-corrected chi connectivity index (χ1v) is 7.12. The Balaban J connectivity index is 2.17. The second kappa shape index (κ2) is 4.52. The minimum atomic E-state index is -0.0363. The summed E-state index contributed by atoms with van der Waals surface area (Å²) in [4.78, 5) is 15.4. The predicted octanol–water partition coefficient (Wildman–Crippen LogP) is 3.73. The molecule has 2 heterocycles. The van der Waals surface area contributed by atoms with Gasteiger partial charge in [0.2, 0.25) is 0 Å². The summed E-state index contributed by atoms with van der Waals surface area (Å²) in [6.07, 6.45) is 1.94. The second-order valence-corrected chi connectivity index (χ2v) is 5.89. The molecule has 2 aromatic rings. The smallest absolute Gasteiger partial charge is 0.256 e. The molecule has 3 nitrogen and oxygen atoms in total. The van der Waals surface area contributed by atoms with Crippen LogP contribution in [0.3, 0.4) is 0 Å². The van der Waals surface area contributed by atoms with Crippen LogP contribution in [0.15, 0.2) is 24.3 Å². The second-order valence-electron chi connectivity index (χ2n) is 4.72. The molecule has 0 aliphatic carbocycles. The predicted molar refractivity (Wildman–Crippen MR) is 85.9 cm³/mol. The van der Waals surface area contributed by atoms with E-state index in [4.69, 9.17) is 0 Å². The lowest BCUT2D eigenvalue weighted by molar-refractivity contribution is -0.110. The van der Waals surface area contributed by atoms with Gasteiger partial charge in [-0.05, 0) is 66.3 Å². The first kappa shape index (κ1) is 12.5. The number of aromatic amines is 1. The van der Waals surface area contributed by atoms with Gasteiger partial charge in [-0.3, -0.25) is 4.79 Å². The molecule has 0 saturated carbocycles. The van der Waals surface area contributed by atoms with E-state index in [-0.39, 0.29) is 5.91 Å². The SMILES string of the molecule is Cc1cc(C)c(/C=C2\C(=O)Nc3cccc(I)c32)[nH]1. The number of H-pyrrole nitrogens is 1. The van der Waals surface area contributed by atoms with E-state index in [1.54, 1.807) is 0 Å². The van der Waals surface area contributed by atoms with Crippen molar-refractivity contribution in [2.75, 3.05) is 5.32 Å². The van der Waals surface area contributed by atoms with E-state index < -0.39 is 0 Å². The van der Waals surface area contributed by atoms with Crippen molar-refractivity contribution in [2.45, 2.75) is 13.8 Å². The monoisotopic (exact) mass is 364 g/mol. The van der Waals surface area contributed by atoms with Crippen molar-refractivity contribution in [3.8, 4) is 0 Å². The Kier molecular flexibility index (Phi) is 2.97. The first-order valence-electron chi connectivity index (χ1n) is 6.04. The quantitative estimate of drug-likeness (QED) is 0.588. The van der Waals surface area contributed by atoms with Crippen molar-refractivity contribution in [2.24, 2.45) is 0 Å². The molecule has 19 heavy (non-hydrogen) atoms. The average molecular weight is 364 g/mol. The van der Waals surface area contributed by atoms with Crippen LogP contribution >= 0.6 is 22.6 Å².